The Morgan fingerprint density at radius 2 is 1.97 bits per heavy atom. The molecule has 3 aromatic rings. The highest BCUT2D eigenvalue weighted by Gasteiger charge is 2.30. The maximum Gasteiger partial charge on any atom is 0.416 e. The predicted molar refractivity (Wildman–Crippen MR) is 101 cm³/mol. The quantitative estimate of drug-likeness (QED) is 0.661. The molecule has 0 spiro atoms. The van der Waals surface area contributed by atoms with Crippen molar-refractivity contribution in [3.05, 3.63) is 54.0 Å². The van der Waals surface area contributed by atoms with Crippen molar-refractivity contribution < 1.29 is 22.5 Å². The molecule has 29 heavy (non-hydrogen) atoms. The van der Waals surface area contributed by atoms with Gasteiger partial charge in [0.1, 0.15) is 0 Å². The highest BCUT2D eigenvalue weighted by atomic mass is 19.4. The van der Waals surface area contributed by atoms with Gasteiger partial charge in [0.15, 0.2) is 0 Å². The van der Waals surface area contributed by atoms with Crippen LogP contribution < -0.4 is 10.6 Å². The lowest BCUT2D eigenvalue weighted by Crippen LogP contribution is -2.21. The number of hydrogen-bond acceptors (Lipinski definition) is 5. The molecule has 2 aromatic heterocycles. The third-order valence-electron chi connectivity index (χ3n) is 4.01. The smallest absolute Gasteiger partial charge is 0.374 e. The van der Waals surface area contributed by atoms with Gasteiger partial charge in [0, 0.05) is 11.5 Å². The number of alkyl halides is 3. The maximum absolute atomic E-state index is 12.8. The molecule has 0 aliphatic heterocycles. The van der Waals surface area contributed by atoms with Crippen LogP contribution >= 0.6 is 0 Å². The second-order valence-electron chi connectivity index (χ2n) is 7.45. The lowest BCUT2D eigenvalue weighted by Gasteiger charge is -2.12. The summed E-state index contributed by atoms with van der Waals surface area (Å²) in [7, 11) is 0. The summed E-state index contributed by atoms with van der Waals surface area (Å²) in [6.45, 7) is 5.83. The van der Waals surface area contributed by atoms with Gasteiger partial charge in [0.05, 0.1) is 41.6 Å². The number of hydrogen-bond donors (Lipinski definition) is 2. The van der Waals surface area contributed by atoms with Gasteiger partial charge in [-0.2, -0.15) is 18.3 Å². The Morgan fingerprint density at radius 3 is 2.62 bits per heavy atom. The van der Waals surface area contributed by atoms with E-state index in [1.54, 1.807) is 6.07 Å². The van der Waals surface area contributed by atoms with E-state index < -0.39 is 11.7 Å². The zero-order valence-corrected chi connectivity index (χ0v) is 16.0. The van der Waals surface area contributed by atoms with Gasteiger partial charge in [-0.1, -0.05) is 32.0 Å². The average Bonchev–Trinajstić information content (AvgIpc) is 3.28. The normalized spacial score (nSPS) is 12.1. The number of rotatable bonds is 5. The summed E-state index contributed by atoms with van der Waals surface area (Å²) < 4.78 is 44.9. The molecule has 1 amide bonds. The number of halogens is 3. The van der Waals surface area contributed by atoms with E-state index in [1.807, 2.05) is 20.8 Å². The van der Waals surface area contributed by atoms with Crippen LogP contribution in [0.4, 0.5) is 24.7 Å². The molecule has 2 heterocycles. The molecule has 0 unspecified atom stereocenters. The molecule has 154 valence electrons. The van der Waals surface area contributed by atoms with Gasteiger partial charge in [0.25, 0.3) is 0 Å². The first-order valence-corrected chi connectivity index (χ1v) is 8.75. The molecule has 3 rings (SSSR count). The van der Waals surface area contributed by atoms with Crippen molar-refractivity contribution in [2.45, 2.75) is 32.4 Å². The number of benzene rings is 1. The summed E-state index contributed by atoms with van der Waals surface area (Å²) in [6, 6.07) is 6.47. The van der Waals surface area contributed by atoms with Crippen LogP contribution in [-0.2, 0) is 16.4 Å². The lowest BCUT2D eigenvalue weighted by molar-refractivity contribution is -0.137. The zero-order valence-electron chi connectivity index (χ0n) is 16.0. The van der Waals surface area contributed by atoms with Crippen LogP contribution in [0.5, 0.6) is 0 Å². The number of aromatic nitrogens is 3. The Balaban J connectivity index is 1.59. The summed E-state index contributed by atoms with van der Waals surface area (Å²) in [5.41, 5.74) is 0.478. The lowest BCUT2D eigenvalue weighted by atomic mass is 9.92. The number of carbonyl (C=O) groups is 1. The van der Waals surface area contributed by atoms with E-state index in [0.29, 0.717) is 11.4 Å². The molecule has 0 saturated carbocycles. The molecular formula is C19H20F3N5O2. The van der Waals surface area contributed by atoms with Crippen LogP contribution in [-0.4, -0.2) is 27.4 Å². The number of nitrogens with zero attached hydrogens (tertiary/aromatic N) is 3. The second kappa shape index (κ2) is 7.61. The van der Waals surface area contributed by atoms with Gasteiger partial charge >= 0.3 is 6.18 Å². The van der Waals surface area contributed by atoms with Gasteiger partial charge < -0.3 is 9.84 Å². The van der Waals surface area contributed by atoms with E-state index in [9.17, 15) is 18.0 Å². The van der Waals surface area contributed by atoms with E-state index in [2.05, 4.69) is 20.9 Å². The standard InChI is InChI=1S/C19H20F3N5O2/c1-18(2,3)15-8-17(29-26-15)25-16(28)10-23-13-9-24-27(11-13)14-6-4-5-12(7-14)19(20,21)22/h4-9,11,23H,10H2,1-3H3,(H,25,28). The maximum atomic E-state index is 12.8. The molecule has 10 heteroatoms. The zero-order chi connectivity index (χ0) is 21.2. The summed E-state index contributed by atoms with van der Waals surface area (Å²) in [5.74, 6) is -0.130. The average molecular weight is 407 g/mol. The second-order valence-corrected chi connectivity index (χ2v) is 7.45. The first kappa shape index (κ1) is 20.4. The van der Waals surface area contributed by atoms with Crippen molar-refractivity contribution in [3.8, 4) is 5.69 Å². The third kappa shape index (κ3) is 5.15. The Kier molecular flexibility index (Phi) is 5.36. The fourth-order valence-electron chi connectivity index (χ4n) is 2.43. The monoisotopic (exact) mass is 407 g/mol. The molecule has 0 atom stereocenters. The van der Waals surface area contributed by atoms with E-state index in [-0.39, 0.29) is 29.4 Å². The Morgan fingerprint density at radius 1 is 1.21 bits per heavy atom. The van der Waals surface area contributed by atoms with Crippen molar-refractivity contribution >= 4 is 17.5 Å². The van der Waals surface area contributed by atoms with E-state index in [1.165, 1.54) is 29.2 Å². The third-order valence-corrected chi connectivity index (χ3v) is 4.01. The number of nitrogens with one attached hydrogen (secondary N) is 2. The molecule has 2 N–H and O–H groups in total. The van der Waals surface area contributed by atoms with Crippen molar-refractivity contribution in [3.63, 3.8) is 0 Å². The molecule has 0 saturated heterocycles. The predicted octanol–water partition coefficient (Wildman–Crippen LogP) is 4.23. The van der Waals surface area contributed by atoms with Gasteiger partial charge in [-0.05, 0) is 18.2 Å². The fraction of sp³-hybridized carbons (Fsp3) is 0.316. The molecule has 0 bridgehead atoms. The Labute approximate surface area is 164 Å². The number of amides is 1. The Bertz CT molecular complexity index is 1000. The summed E-state index contributed by atoms with van der Waals surface area (Å²) >= 11 is 0. The molecule has 0 radical (unpaired) electrons. The minimum atomic E-state index is -4.43. The van der Waals surface area contributed by atoms with E-state index in [0.717, 1.165) is 12.1 Å². The topological polar surface area (TPSA) is 85.0 Å². The van der Waals surface area contributed by atoms with Gasteiger partial charge in [0.2, 0.25) is 11.8 Å². The van der Waals surface area contributed by atoms with Gasteiger partial charge in [-0.15, -0.1) is 0 Å². The van der Waals surface area contributed by atoms with Crippen LogP contribution in [0, 0.1) is 0 Å². The number of carbonyl (C=O) groups excluding carboxylic acids is 1. The molecule has 0 aliphatic carbocycles. The molecule has 0 fully saturated rings. The molecular weight excluding hydrogens is 387 g/mol. The SMILES string of the molecule is CC(C)(C)c1cc(NC(=O)CNc2cnn(-c3cccc(C(F)(F)F)c3)c2)on1. The minimum absolute atomic E-state index is 0.0835. The highest BCUT2D eigenvalue weighted by molar-refractivity contribution is 5.92. The Hall–Kier alpha value is -3.30. The first-order chi connectivity index (χ1) is 13.5. The van der Waals surface area contributed by atoms with Crippen LogP contribution in [0.3, 0.4) is 0 Å². The van der Waals surface area contributed by atoms with Crippen LogP contribution in [0.25, 0.3) is 5.69 Å². The molecule has 0 aliphatic rings. The first-order valence-electron chi connectivity index (χ1n) is 8.75. The van der Waals surface area contributed by atoms with Gasteiger partial charge in [-0.25, -0.2) is 4.68 Å². The molecule has 1 aromatic carbocycles. The summed E-state index contributed by atoms with van der Waals surface area (Å²) in [4.78, 5) is 12.1. The number of anilines is 2. The molecule has 7 nitrogen and oxygen atoms in total. The summed E-state index contributed by atoms with van der Waals surface area (Å²) in [5, 5.41) is 13.4. The van der Waals surface area contributed by atoms with Gasteiger partial charge in [-0.3, -0.25) is 10.1 Å². The van der Waals surface area contributed by atoms with Crippen LogP contribution in [0.2, 0.25) is 0 Å². The van der Waals surface area contributed by atoms with Crippen molar-refractivity contribution in [1.82, 2.24) is 14.9 Å². The van der Waals surface area contributed by atoms with Crippen LogP contribution in [0.15, 0.2) is 47.2 Å². The highest BCUT2D eigenvalue weighted by Crippen LogP contribution is 2.30. The van der Waals surface area contributed by atoms with Crippen molar-refractivity contribution in [2.75, 3.05) is 17.2 Å². The van der Waals surface area contributed by atoms with E-state index >= 15 is 0 Å². The van der Waals surface area contributed by atoms with Crippen molar-refractivity contribution in [1.29, 1.82) is 0 Å². The minimum Gasteiger partial charge on any atom is -0.374 e. The fourth-order valence-corrected chi connectivity index (χ4v) is 2.43. The van der Waals surface area contributed by atoms with Crippen molar-refractivity contribution in [2.24, 2.45) is 0 Å². The largest absolute Gasteiger partial charge is 0.416 e. The van der Waals surface area contributed by atoms with E-state index in [4.69, 9.17) is 4.52 Å². The van der Waals surface area contributed by atoms with Crippen LogP contribution in [0.1, 0.15) is 32.0 Å². The summed E-state index contributed by atoms with van der Waals surface area (Å²) in [6.07, 6.45) is -1.52.